The molecule has 0 aliphatic heterocycles. The van der Waals surface area contributed by atoms with Crippen LogP contribution in [0, 0.1) is 12.3 Å². The third kappa shape index (κ3) is 2.82. The van der Waals surface area contributed by atoms with Crippen LogP contribution in [0.15, 0.2) is 11.2 Å². The van der Waals surface area contributed by atoms with Gasteiger partial charge < -0.3 is 10.5 Å². The Balaban J connectivity index is 2.87. The predicted molar refractivity (Wildman–Crippen MR) is 57.1 cm³/mol. The number of ether oxygens (including phenoxy) is 1. The summed E-state index contributed by atoms with van der Waals surface area (Å²) in [6.07, 6.45) is 6.72. The lowest BCUT2D eigenvalue weighted by atomic mass is 10.4. The zero-order valence-corrected chi connectivity index (χ0v) is 8.84. The molecule has 0 fully saturated rings. The van der Waals surface area contributed by atoms with Crippen LogP contribution in [0.3, 0.4) is 0 Å². The van der Waals surface area contributed by atoms with E-state index in [4.69, 9.17) is 16.9 Å². The zero-order chi connectivity index (χ0) is 10.6. The van der Waals surface area contributed by atoms with Gasteiger partial charge in [-0.05, 0) is 13.2 Å². The Morgan fingerprint density at radius 2 is 2.36 bits per heavy atom. The van der Waals surface area contributed by atoms with Crippen molar-refractivity contribution < 1.29 is 4.74 Å². The summed E-state index contributed by atoms with van der Waals surface area (Å²) in [7, 11) is 0. The monoisotopic (exact) mass is 209 g/mol. The molecule has 0 saturated carbocycles. The zero-order valence-electron chi connectivity index (χ0n) is 8.02. The fourth-order valence-electron chi connectivity index (χ4n) is 0.788. The van der Waals surface area contributed by atoms with Crippen molar-refractivity contribution in [3.05, 3.63) is 6.07 Å². The highest BCUT2D eigenvalue weighted by atomic mass is 32.2. The molecular formula is C9H11N3OS. The normalized spacial score (nSPS) is 11.8. The van der Waals surface area contributed by atoms with Gasteiger partial charge in [0.05, 0.1) is 0 Å². The number of rotatable bonds is 3. The fourth-order valence-corrected chi connectivity index (χ4v) is 1.17. The van der Waals surface area contributed by atoms with Crippen LogP contribution < -0.4 is 10.5 Å². The highest BCUT2D eigenvalue weighted by molar-refractivity contribution is 7.98. The van der Waals surface area contributed by atoms with Gasteiger partial charge in [-0.1, -0.05) is 17.7 Å². The number of nitrogens with zero attached hydrogens (tertiary/aromatic N) is 2. The molecule has 0 saturated heterocycles. The Hall–Kier alpha value is -1.41. The van der Waals surface area contributed by atoms with E-state index in [0.717, 1.165) is 0 Å². The first-order valence-electron chi connectivity index (χ1n) is 3.97. The molecule has 1 atom stereocenters. The van der Waals surface area contributed by atoms with Gasteiger partial charge in [0.25, 0.3) is 0 Å². The Morgan fingerprint density at radius 1 is 1.64 bits per heavy atom. The molecule has 0 bridgehead atoms. The molecule has 0 aliphatic rings. The number of hydrogen-bond acceptors (Lipinski definition) is 5. The molecule has 0 amide bonds. The number of hydrogen-bond donors (Lipinski definition) is 1. The molecule has 0 radical (unpaired) electrons. The summed E-state index contributed by atoms with van der Waals surface area (Å²) in [5.41, 5.74) is 5.56. The van der Waals surface area contributed by atoms with Crippen LogP contribution >= 0.6 is 11.8 Å². The van der Waals surface area contributed by atoms with Crippen LogP contribution in [0.5, 0.6) is 5.88 Å². The third-order valence-corrected chi connectivity index (χ3v) is 1.96. The van der Waals surface area contributed by atoms with E-state index in [0.29, 0.717) is 16.9 Å². The predicted octanol–water partition coefficient (Wildman–Crippen LogP) is 1.18. The summed E-state index contributed by atoms with van der Waals surface area (Å²) in [6, 6.07) is 1.55. The SMILES string of the molecule is C#CC(C)Oc1cc(N)nc(SC)n1. The summed E-state index contributed by atoms with van der Waals surface area (Å²) >= 11 is 1.40. The molecule has 1 aromatic heterocycles. The second-order valence-corrected chi connectivity index (χ2v) is 3.32. The Morgan fingerprint density at radius 3 is 2.93 bits per heavy atom. The van der Waals surface area contributed by atoms with Crippen molar-refractivity contribution in [2.24, 2.45) is 0 Å². The quantitative estimate of drug-likeness (QED) is 0.460. The van der Waals surface area contributed by atoms with E-state index < -0.39 is 0 Å². The van der Waals surface area contributed by atoms with Crippen molar-refractivity contribution in [2.75, 3.05) is 12.0 Å². The molecule has 5 heteroatoms. The molecule has 74 valence electrons. The molecule has 0 aliphatic carbocycles. The van der Waals surface area contributed by atoms with Crippen LogP contribution in [-0.2, 0) is 0 Å². The van der Waals surface area contributed by atoms with Gasteiger partial charge in [0, 0.05) is 6.07 Å². The van der Waals surface area contributed by atoms with Gasteiger partial charge in [-0.3, -0.25) is 0 Å². The van der Waals surface area contributed by atoms with E-state index in [1.165, 1.54) is 11.8 Å². The van der Waals surface area contributed by atoms with E-state index >= 15 is 0 Å². The number of thioether (sulfide) groups is 1. The van der Waals surface area contributed by atoms with Crippen molar-refractivity contribution in [3.63, 3.8) is 0 Å². The third-order valence-electron chi connectivity index (χ3n) is 1.42. The van der Waals surface area contributed by atoms with Gasteiger partial charge in [0.15, 0.2) is 11.3 Å². The van der Waals surface area contributed by atoms with Crippen LogP contribution in [0.25, 0.3) is 0 Å². The molecule has 4 nitrogen and oxygen atoms in total. The highest BCUT2D eigenvalue weighted by Crippen LogP contribution is 2.17. The minimum absolute atomic E-state index is 0.320. The van der Waals surface area contributed by atoms with Crippen molar-refractivity contribution >= 4 is 17.6 Å². The Labute approximate surface area is 87.3 Å². The van der Waals surface area contributed by atoms with Gasteiger partial charge in [0.1, 0.15) is 5.82 Å². The number of aromatic nitrogens is 2. The molecule has 0 spiro atoms. The van der Waals surface area contributed by atoms with Gasteiger partial charge in [-0.15, -0.1) is 6.42 Å². The van der Waals surface area contributed by atoms with E-state index in [2.05, 4.69) is 15.9 Å². The summed E-state index contributed by atoms with van der Waals surface area (Å²) in [5, 5.41) is 0.573. The molecule has 1 heterocycles. The van der Waals surface area contributed by atoms with E-state index in [1.54, 1.807) is 13.0 Å². The second-order valence-electron chi connectivity index (χ2n) is 2.54. The topological polar surface area (TPSA) is 61.0 Å². The largest absolute Gasteiger partial charge is 0.461 e. The fraction of sp³-hybridized carbons (Fsp3) is 0.333. The minimum atomic E-state index is -0.320. The Bertz CT molecular complexity index is 362. The molecule has 1 unspecified atom stereocenters. The number of anilines is 1. The number of nitrogen functional groups attached to an aromatic ring is 1. The summed E-state index contributed by atoms with van der Waals surface area (Å²) < 4.78 is 5.31. The van der Waals surface area contributed by atoms with Gasteiger partial charge in [-0.2, -0.15) is 4.98 Å². The van der Waals surface area contributed by atoms with Crippen molar-refractivity contribution in [1.82, 2.24) is 9.97 Å². The molecular weight excluding hydrogens is 198 g/mol. The number of terminal acetylenes is 1. The maximum atomic E-state index is 5.56. The van der Waals surface area contributed by atoms with E-state index in [1.807, 2.05) is 6.26 Å². The average molecular weight is 209 g/mol. The first kappa shape index (κ1) is 10.7. The van der Waals surface area contributed by atoms with Crippen LogP contribution in [0.4, 0.5) is 5.82 Å². The molecule has 14 heavy (non-hydrogen) atoms. The minimum Gasteiger partial charge on any atom is -0.461 e. The highest BCUT2D eigenvalue weighted by Gasteiger charge is 2.05. The maximum Gasteiger partial charge on any atom is 0.220 e. The van der Waals surface area contributed by atoms with E-state index in [9.17, 15) is 0 Å². The van der Waals surface area contributed by atoms with Crippen LogP contribution in [0.2, 0.25) is 0 Å². The smallest absolute Gasteiger partial charge is 0.220 e. The van der Waals surface area contributed by atoms with Crippen LogP contribution in [0.1, 0.15) is 6.92 Å². The molecule has 1 aromatic rings. The number of nitrogens with two attached hydrogens (primary N) is 1. The lowest BCUT2D eigenvalue weighted by molar-refractivity contribution is 0.265. The van der Waals surface area contributed by atoms with Gasteiger partial charge >= 0.3 is 0 Å². The van der Waals surface area contributed by atoms with Crippen molar-refractivity contribution in [3.8, 4) is 18.2 Å². The summed E-state index contributed by atoms with van der Waals surface area (Å²) in [5.74, 6) is 3.23. The molecule has 1 rings (SSSR count). The van der Waals surface area contributed by atoms with Crippen LogP contribution in [-0.4, -0.2) is 22.3 Å². The van der Waals surface area contributed by atoms with E-state index in [-0.39, 0.29) is 6.10 Å². The first-order chi connectivity index (χ1) is 6.65. The maximum absolute atomic E-state index is 5.56. The second kappa shape index (κ2) is 4.72. The standard InChI is InChI=1S/C9H11N3OS/c1-4-6(2)13-8-5-7(10)11-9(12-8)14-3/h1,5-6H,2-3H3,(H2,10,11,12). The van der Waals surface area contributed by atoms with Crippen molar-refractivity contribution in [2.45, 2.75) is 18.2 Å². The van der Waals surface area contributed by atoms with Crippen molar-refractivity contribution in [1.29, 1.82) is 0 Å². The average Bonchev–Trinajstić information content (AvgIpc) is 2.16. The Kier molecular flexibility index (Phi) is 3.60. The molecule has 2 N–H and O–H groups in total. The van der Waals surface area contributed by atoms with Gasteiger partial charge in [-0.25, -0.2) is 4.98 Å². The first-order valence-corrected chi connectivity index (χ1v) is 5.19. The molecule has 0 aromatic carbocycles. The summed E-state index contributed by atoms with van der Waals surface area (Å²) in [4.78, 5) is 8.08. The van der Waals surface area contributed by atoms with Gasteiger partial charge in [0.2, 0.25) is 5.88 Å². The lowest BCUT2D eigenvalue weighted by Crippen LogP contribution is -2.10. The summed E-state index contributed by atoms with van der Waals surface area (Å²) in [6.45, 7) is 1.76. The lowest BCUT2D eigenvalue weighted by Gasteiger charge is -2.08.